The maximum atomic E-state index is 11.0. The summed E-state index contributed by atoms with van der Waals surface area (Å²) in [5.74, 6) is -0.237. The van der Waals surface area contributed by atoms with Crippen molar-refractivity contribution in [2.75, 3.05) is 25.9 Å². The Labute approximate surface area is 154 Å². The zero-order valence-corrected chi connectivity index (χ0v) is 14.8. The molecule has 1 amide bonds. The number of imidazole rings is 1. The molecule has 0 radical (unpaired) electrons. The van der Waals surface area contributed by atoms with Gasteiger partial charge >= 0.3 is 0 Å². The summed E-state index contributed by atoms with van der Waals surface area (Å²) in [4.78, 5) is 25.0. The predicted octanol–water partition coefficient (Wildman–Crippen LogP) is -1.75. The Morgan fingerprint density at radius 1 is 1.37 bits per heavy atom. The number of carbonyl (C=O) groups excluding carboxylic acids is 1. The van der Waals surface area contributed by atoms with Crippen LogP contribution in [0.5, 0.6) is 0 Å². The number of hydroxylamine groups is 1. The van der Waals surface area contributed by atoms with Crippen molar-refractivity contribution in [1.29, 1.82) is 0 Å². The number of nitrogen functional groups attached to an aromatic ring is 1. The summed E-state index contributed by atoms with van der Waals surface area (Å²) in [6.45, 7) is 0.901. The van der Waals surface area contributed by atoms with Crippen LogP contribution >= 0.6 is 0 Å². The maximum Gasteiger partial charge on any atom is 0.243 e. The number of likely N-dealkylation sites (N-methyl/N-ethyl adjacent to an activating group) is 1. The van der Waals surface area contributed by atoms with Gasteiger partial charge in [0.25, 0.3) is 0 Å². The van der Waals surface area contributed by atoms with E-state index in [-0.39, 0.29) is 12.2 Å². The zero-order chi connectivity index (χ0) is 19.6. The second-order valence-electron chi connectivity index (χ2n) is 6.53. The van der Waals surface area contributed by atoms with Gasteiger partial charge in [-0.25, -0.2) is 20.4 Å². The lowest BCUT2D eigenvalue weighted by molar-refractivity contribution is -0.129. The van der Waals surface area contributed by atoms with Gasteiger partial charge in [-0.3, -0.25) is 14.6 Å². The Kier molecular flexibility index (Phi) is 5.82. The molecule has 3 heterocycles. The van der Waals surface area contributed by atoms with E-state index in [2.05, 4.69) is 15.0 Å². The summed E-state index contributed by atoms with van der Waals surface area (Å²) < 4.78 is 7.38. The number of aromatic nitrogens is 4. The van der Waals surface area contributed by atoms with Gasteiger partial charge in [0.2, 0.25) is 5.91 Å². The standard InChI is InChI=1S/C15H23N7O5/c1-21(4-2-3-9(23)20-26)5-8-11(24)12(25)15(27-8)22-7-19-10-13(16)17-6-18-14(10)22/h6-8,11-12,15,24-26H,2-5H2,1H3,(H,20,23)(H2,16,17,18)/t8?,11-,12-,15?/m1/s1. The van der Waals surface area contributed by atoms with Crippen LogP contribution in [0.15, 0.2) is 12.7 Å². The summed E-state index contributed by atoms with van der Waals surface area (Å²) in [7, 11) is 1.81. The highest BCUT2D eigenvalue weighted by Crippen LogP contribution is 2.32. The van der Waals surface area contributed by atoms with Gasteiger partial charge in [0.05, 0.1) is 6.33 Å². The molecular weight excluding hydrogens is 358 g/mol. The van der Waals surface area contributed by atoms with Crippen molar-refractivity contribution in [3.05, 3.63) is 12.7 Å². The van der Waals surface area contributed by atoms with E-state index in [1.807, 2.05) is 11.9 Å². The Morgan fingerprint density at radius 3 is 2.89 bits per heavy atom. The smallest absolute Gasteiger partial charge is 0.243 e. The van der Waals surface area contributed by atoms with Gasteiger partial charge < -0.3 is 25.6 Å². The van der Waals surface area contributed by atoms with Crippen LogP contribution in [0, 0.1) is 0 Å². The number of ether oxygens (including phenoxy) is 1. The van der Waals surface area contributed by atoms with Gasteiger partial charge in [-0.1, -0.05) is 0 Å². The third-order valence-corrected chi connectivity index (χ3v) is 4.56. The van der Waals surface area contributed by atoms with E-state index < -0.39 is 30.4 Å². The molecule has 2 aromatic rings. The van der Waals surface area contributed by atoms with E-state index in [1.54, 1.807) is 5.48 Å². The summed E-state index contributed by atoms with van der Waals surface area (Å²) in [6, 6.07) is 0. The van der Waals surface area contributed by atoms with Gasteiger partial charge in [-0.05, 0) is 20.0 Å². The first-order valence-corrected chi connectivity index (χ1v) is 8.48. The first kappa shape index (κ1) is 19.4. The lowest BCUT2D eigenvalue weighted by Crippen LogP contribution is -2.39. The van der Waals surface area contributed by atoms with Crippen LogP contribution in [0.1, 0.15) is 19.1 Å². The largest absolute Gasteiger partial charge is 0.387 e. The number of aliphatic hydroxyl groups excluding tert-OH is 2. The fraction of sp³-hybridized carbons (Fsp3) is 0.600. The molecule has 3 rings (SSSR count). The Bertz CT molecular complexity index is 800. The molecule has 1 aliphatic rings. The fourth-order valence-corrected chi connectivity index (χ4v) is 3.13. The van der Waals surface area contributed by atoms with Gasteiger partial charge in [-0.15, -0.1) is 0 Å². The molecule has 0 aliphatic carbocycles. The van der Waals surface area contributed by atoms with Crippen LogP contribution in [-0.4, -0.2) is 84.2 Å². The normalized spacial score (nSPS) is 25.4. The Balaban J connectivity index is 1.65. The first-order chi connectivity index (χ1) is 12.9. The number of rotatable bonds is 7. The number of nitrogens with two attached hydrogens (primary N) is 1. The minimum atomic E-state index is -1.17. The average Bonchev–Trinajstić information content (AvgIpc) is 3.19. The molecule has 1 aliphatic heterocycles. The molecule has 0 saturated carbocycles. The molecule has 2 unspecified atom stereocenters. The van der Waals surface area contributed by atoms with Crippen LogP contribution in [-0.2, 0) is 9.53 Å². The second kappa shape index (κ2) is 8.10. The quantitative estimate of drug-likeness (QED) is 0.273. The van der Waals surface area contributed by atoms with Crippen molar-refractivity contribution in [2.24, 2.45) is 0 Å². The number of fused-ring (bicyclic) bond motifs is 1. The van der Waals surface area contributed by atoms with Gasteiger partial charge in [-0.2, -0.15) is 0 Å². The van der Waals surface area contributed by atoms with Crippen LogP contribution in [0.2, 0.25) is 0 Å². The Morgan fingerprint density at radius 2 is 2.15 bits per heavy atom. The molecule has 12 heteroatoms. The lowest BCUT2D eigenvalue weighted by atomic mass is 10.1. The van der Waals surface area contributed by atoms with Crippen LogP contribution in [0.4, 0.5) is 5.82 Å². The number of aliphatic hydroxyl groups is 2. The summed E-state index contributed by atoms with van der Waals surface area (Å²) in [5.41, 5.74) is 8.15. The third-order valence-electron chi connectivity index (χ3n) is 4.56. The van der Waals surface area contributed by atoms with E-state index >= 15 is 0 Å². The molecule has 12 nitrogen and oxygen atoms in total. The molecule has 2 aromatic heterocycles. The number of nitrogens with zero attached hydrogens (tertiary/aromatic N) is 5. The zero-order valence-electron chi connectivity index (χ0n) is 14.8. The molecule has 0 spiro atoms. The SMILES string of the molecule is CN(CCCC(=O)NO)CC1OC(n2cnc3c(N)ncnc32)[C@H](O)[C@@H]1O. The summed E-state index contributed by atoms with van der Waals surface area (Å²) in [6.07, 6.45) is -0.331. The molecule has 0 aromatic carbocycles. The molecule has 6 N–H and O–H groups in total. The fourth-order valence-electron chi connectivity index (χ4n) is 3.13. The highest BCUT2D eigenvalue weighted by atomic mass is 16.6. The topological polar surface area (TPSA) is 172 Å². The highest BCUT2D eigenvalue weighted by Gasteiger charge is 2.44. The minimum Gasteiger partial charge on any atom is -0.387 e. The molecule has 1 saturated heterocycles. The van der Waals surface area contributed by atoms with E-state index in [0.717, 1.165) is 0 Å². The molecule has 148 valence electrons. The van der Waals surface area contributed by atoms with E-state index in [4.69, 9.17) is 15.7 Å². The number of hydrogen-bond acceptors (Lipinski definition) is 10. The molecule has 4 atom stereocenters. The Hall–Kier alpha value is -2.38. The minimum absolute atomic E-state index is 0.183. The van der Waals surface area contributed by atoms with Crippen molar-refractivity contribution >= 4 is 22.9 Å². The van der Waals surface area contributed by atoms with Gasteiger partial charge in [0, 0.05) is 13.0 Å². The van der Waals surface area contributed by atoms with Crippen molar-refractivity contribution in [3.63, 3.8) is 0 Å². The number of hydrogen-bond donors (Lipinski definition) is 5. The highest BCUT2D eigenvalue weighted by molar-refractivity contribution is 5.81. The van der Waals surface area contributed by atoms with E-state index in [9.17, 15) is 15.0 Å². The molecule has 1 fully saturated rings. The van der Waals surface area contributed by atoms with E-state index in [1.165, 1.54) is 17.2 Å². The van der Waals surface area contributed by atoms with Crippen molar-refractivity contribution < 1.29 is 25.0 Å². The van der Waals surface area contributed by atoms with Gasteiger partial charge in [0.15, 0.2) is 17.7 Å². The predicted molar refractivity (Wildman–Crippen MR) is 92.3 cm³/mol. The number of amides is 1. The van der Waals surface area contributed by atoms with Crippen molar-refractivity contribution in [1.82, 2.24) is 29.9 Å². The number of anilines is 1. The number of carbonyl (C=O) groups is 1. The average molecular weight is 381 g/mol. The summed E-state index contributed by atoms with van der Waals surface area (Å²) in [5, 5.41) is 29.3. The maximum absolute atomic E-state index is 11.0. The second-order valence-corrected chi connectivity index (χ2v) is 6.53. The van der Waals surface area contributed by atoms with Gasteiger partial charge in [0.1, 0.15) is 30.2 Å². The molecular formula is C15H23N7O5. The molecule has 27 heavy (non-hydrogen) atoms. The lowest BCUT2D eigenvalue weighted by Gasteiger charge is -2.22. The first-order valence-electron chi connectivity index (χ1n) is 8.48. The third kappa shape index (κ3) is 3.99. The number of nitrogens with one attached hydrogen (secondary N) is 1. The van der Waals surface area contributed by atoms with Crippen LogP contribution in [0.25, 0.3) is 11.2 Å². The molecule has 0 bridgehead atoms. The van der Waals surface area contributed by atoms with Crippen LogP contribution < -0.4 is 11.2 Å². The summed E-state index contributed by atoms with van der Waals surface area (Å²) >= 11 is 0. The van der Waals surface area contributed by atoms with Crippen LogP contribution in [0.3, 0.4) is 0 Å². The monoisotopic (exact) mass is 381 g/mol. The van der Waals surface area contributed by atoms with E-state index in [0.29, 0.717) is 30.7 Å². The van der Waals surface area contributed by atoms with Crippen molar-refractivity contribution in [3.8, 4) is 0 Å². The van der Waals surface area contributed by atoms with Crippen molar-refractivity contribution in [2.45, 2.75) is 37.4 Å².